The molecule has 4 nitrogen and oxygen atoms in total. The average molecular weight is 145 g/mol. The zero-order valence-corrected chi connectivity index (χ0v) is 6.55. The third-order valence-electron chi connectivity index (χ3n) is 1.05. The van der Waals surface area contributed by atoms with Crippen LogP contribution in [0, 0.1) is 0 Å². The van der Waals surface area contributed by atoms with Gasteiger partial charge in [0.15, 0.2) is 0 Å². The first-order valence-corrected chi connectivity index (χ1v) is 3.52. The highest BCUT2D eigenvalue weighted by atomic mass is 16.2. The summed E-state index contributed by atoms with van der Waals surface area (Å²) in [4.78, 5) is 10.8. The Morgan fingerprint density at radius 1 is 1.60 bits per heavy atom. The number of nitrogens with two attached hydrogens (primary N) is 1. The summed E-state index contributed by atoms with van der Waals surface area (Å²) in [7, 11) is 0. The molecule has 2 amide bonds. The fourth-order valence-corrected chi connectivity index (χ4v) is 0.595. The van der Waals surface area contributed by atoms with Crippen LogP contribution in [0.2, 0.25) is 0 Å². The highest BCUT2D eigenvalue weighted by molar-refractivity contribution is 5.73. The maximum atomic E-state index is 10.8. The van der Waals surface area contributed by atoms with Gasteiger partial charge in [-0.25, -0.2) is 10.6 Å². The largest absolute Gasteiger partial charge is 0.337 e. The first kappa shape index (κ1) is 9.23. The van der Waals surface area contributed by atoms with Gasteiger partial charge in [-0.2, -0.15) is 0 Å². The number of hydrazine groups is 1. The summed E-state index contributed by atoms with van der Waals surface area (Å²) in [5, 5.41) is 3.78. The molecule has 0 unspecified atom stereocenters. The molecule has 0 fully saturated rings. The zero-order valence-electron chi connectivity index (χ0n) is 6.55. The minimum Gasteiger partial charge on any atom is -0.337 e. The molecular weight excluding hydrogens is 130 g/mol. The smallest absolute Gasteiger partial charge is 0.331 e. The highest BCUT2D eigenvalue weighted by Crippen LogP contribution is 1.82. The molecule has 4 heteroatoms. The summed E-state index contributed by atoms with van der Waals surface area (Å²) in [5.74, 6) is 5.34. The van der Waals surface area contributed by atoms with Crippen molar-refractivity contribution in [2.45, 2.75) is 20.3 Å². The van der Waals surface area contributed by atoms with Crippen molar-refractivity contribution in [3.05, 3.63) is 0 Å². The molecule has 0 aromatic rings. The zero-order chi connectivity index (χ0) is 7.98. The van der Waals surface area contributed by atoms with Gasteiger partial charge >= 0.3 is 6.03 Å². The highest BCUT2D eigenvalue weighted by Gasteiger charge is 2.03. The number of nitrogens with zero attached hydrogens (tertiary/aromatic N) is 1. The van der Waals surface area contributed by atoms with E-state index < -0.39 is 0 Å². The molecule has 0 saturated heterocycles. The van der Waals surface area contributed by atoms with Crippen LogP contribution in [0.25, 0.3) is 0 Å². The van der Waals surface area contributed by atoms with Crippen molar-refractivity contribution in [1.29, 1.82) is 0 Å². The van der Waals surface area contributed by atoms with Crippen molar-refractivity contribution < 1.29 is 4.79 Å². The fraction of sp³-hybridized carbons (Fsp3) is 0.833. The minimum absolute atomic E-state index is 0.204. The topological polar surface area (TPSA) is 58.4 Å². The van der Waals surface area contributed by atoms with Crippen LogP contribution in [-0.2, 0) is 0 Å². The molecule has 0 aliphatic rings. The molecule has 3 N–H and O–H groups in total. The fourth-order valence-electron chi connectivity index (χ4n) is 0.595. The van der Waals surface area contributed by atoms with Gasteiger partial charge in [0.05, 0.1) is 0 Å². The predicted octanol–water partition coefficient (Wildman–Crippen LogP) is 0.302. The normalized spacial score (nSPS) is 9.10. The number of hydrogen-bond acceptors (Lipinski definition) is 2. The third-order valence-corrected chi connectivity index (χ3v) is 1.05. The SMILES string of the molecule is CCCN(N)C(=O)NCC. The van der Waals surface area contributed by atoms with Crippen LogP contribution < -0.4 is 11.2 Å². The summed E-state index contributed by atoms with van der Waals surface area (Å²) in [6.45, 7) is 5.05. The van der Waals surface area contributed by atoms with Crippen LogP contribution in [0.5, 0.6) is 0 Å². The quantitative estimate of drug-likeness (QED) is 0.341. The van der Waals surface area contributed by atoms with Crippen LogP contribution in [-0.4, -0.2) is 24.1 Å². The number of carbonyl (C=O) groups excluding carboxylic acids is 1. The van der Waals surface area contributed by atoms with Crippen molar-refractivity contribution in [3.63, 3.8) is 0 Å². The van der Waals surface area contributed by atoms with Crippen LogP contribution in [0.4, 0.5) is 4.79 Å². The van der Waals surface area contributed by atoms with E-state index >= 15 is 0 Å². The van der Waals surface area contributed by atoms with E-state index in [2.05, 4.69) is 5.32 Å². The number of nitrogens with one attached hydrogen (secondary N) is 1. The Hall–Kier alpha value is -0.770. The standard InChI is InChI=1S/C6H15N3O/c1-3-5-9(7)6(10)8-4-2/h3-5,7H2,1-2H3,(H,8,10). The Balaban J connectivity index is 3.49. The molecule has 0 heterocycles. The van der Waals surface area contributed by atoms with Gasteiger partial charge in [0.2, 0.25) is 0 Å². The first-order chi connectivity index (χ1) is 4.72. The van der Waals surface area contributed by atoms with E-state index in [1.54, 1.807) is 0 Å². The number of rotatable bonds is 3. The summed E-state index contributed by atoms with van der Waals surface area (Å²) in [5.41, 5.74) is 0. The number of amides is 2. The van der Waals surface area contributed by atoms with Crippen molar-refractivity contribution in [2.24, 2.45) is 5.84 Å². The summed E-state index contributed by atoms with van der Waals surface area (Å²) >= 11 is 0. The second-order valence-corrected chi connectivity index (χ2v) is 2.03. The predicted molar refractivity (Wildman–Crippen MR) is 40.3 cm³/mol. The summed E-state index contributed by atoms with van der Waals surface area (Å²) in [6.07, 6.45) is 0.883. The Labute approximate surface area is 61.3 Å². The summed E-state index contributed by atoms with van der Waals surface area (Å²) < 4.78 is 0. The first-order valence-electron chi connectivity index (χ1n) is 3.52. The Morgan fingerprint density at radius 2 is 2.20 bits per heavy atom. The van der Waals surface area contributed by atoms with Crippen LogP contribution in [0.3, 0.4) is 0 Å². The maximum absolute atomic E-state index is 10.8. The monoisotopic (exact) mass is 145 g/mol. The third kappa shape index (κ3) is 3.29. The second-order valence-electron chi connectivity index (χ2n) is 2.03. The lowest BCUT2D eigenvalue weighted by Crippen LogP contribution is -2.44. The van der Waals surface area contributed by atoms with Gasteiger partial charge in [0, 0.05) is 13.1 Å². The molecule has 10 heavy (non-hydrogen) atoms. The molecule has 0 aromatic heterocycles. The molecule has 0 saturated carbocycles. The molecule has 0 aliphatic carbocycles. The maximum Gasteiger partial charge on any atom is 0.331 e. The van der Waals surface area contributed by atoms with Crippen LogP contribution in [0.1, 0.15) is 20.3 Å². The van der Waals surface area contributed by atoms with Crippen LogP contribution in [0.15, 0.2) is 0 Å². The van der Waals surface area contributed by atoms with Gasteiger partial charge in [0.25, 0.3) is 0 Å². The molecular formula is C6H15N3O. The lowest BCUT2D eigenvalue weighted by molar-refractivity contribution is 0.199. The Morgan fingerprint density at radius 3 is 2.60 bits per heavy atom. The van der Waals surface area contributed by atoms with E-state index in [1.165, 1.54) is 5.01 Å². The Kier molecular flexibility index (Phi) is 4.66. The minimum atomic E-state index is -0.204. The Bertz CT molecular complexity index is 105. The lowest BCUT2D eigenvalue weighted by atomic mass is 10.5. The molecule has 0 aliphatic heterocycles. The van der Waals surface area contributed by atoms with Crippen LogP contribution >= 0.6 is 0 Å². The number of hydrogen-bond donors (Lipinski definition) is 2. The van der Waals surface area contributed by atoms with Gasteiger partial charge in [-0.15, -0.1) is 0 Å². The van der Waals surface area contributed by atoms with Gasteiger partial charge in [0.1, 0.15) is 0 Å². The summed E-state index contributed by atoms with van der Waals surface area (Å²) in [6, 6.07) is -0.204. The number of urea groups is 1. The van der Waals surface area contributed by atoms with E-state index in [0.29, 0.717) is 13.1 Å². The van der Waals surface area contributed by atoms with E-state index in [1.807, 2.05) is 13.8 Å². The molecule has 0 radical (unpaired) electrons. The molecule has 0 rings (SSSR count). The van der Waals surface area contributed by atoms with Crippen molar-refractivity contribution in [3.8, 4) is 0 Å². The van der Waals surface area contributed by atoms with E-state index in [9.17, 15) is 4.79 Å². The van der Waals surface area contributed by atoms with Crippen molar-refractivity contribution >= 4 is 6.03 Å². The molecule has 0 atom stereocenters. The number of carbonyl (C=O) groups is 1. The van der Waals surface area contributed by atoms with Crippen molar-refractivity contribution in [2.75, 3.05) is 13.1 Å². The van der Waals surface area contributed by atoms with E-state index in [-0.39, 0.29) is 6.03 Å². The molecule has 0 bridgehead atoms. The van der Waals surface area contributed by atoms with Gasteiger partial charge in [-0.05, 0) is 13.3 Å². The average Bonchev–Trinajstić information content (AvgIpc) is 1.89. The van der Waals surface area contributed by atoms with E-state index in [0.717, 1.165) is 6.42 Å². The second kappa shape index (κ2) is 5.05. The van der Waals surface area contributed by atoms with Gasteiger partial charge in [-0.1, -0.05) is 6.92 Å². The molecule has 60 valence electrons. The van der Waals surface area contributed by atoms with Gasteiger partial charge < -0.3 is 5.32 Å². The van der Waals surface area contributed by atoms with Crippen molar-refractivity contribution in [1.82, 2.24) is 10.3 Å². The van der Waals surface area contributed by atoms with Gasteiger partial charge in [-0.3, -0.25) is 5.01 Å². The molecule has 0 spiro atoms. The van der Waals surface area contributed by atoms with E-state index in [4.69, 9.17) is 5.84 Å². The molecule has 0 aromatic carbocycles. The lowest BCUT2D eigenvalue weighted by Gasteiger charge is -2.14.